The molecule has 0 saturated carbocycles. The summed E-state index contributed by atoms with van der Waals surface area (Å²) in [6.07, 6.45) is -1.32. The zero-order chi connectivity index (χ0) is 11.4. The van der Waals surface area contributed by atoms with Crippen LogP contribution in [0.3, 0.4) is 0 Å². The summed E-state index contributed by atoms with van der Waals surface area (Å²) in [6, 6.07) is 4.50. The molecule has 0 aliphatic carbocycles. The molecule has 0 aliphatic rings. The van der Waals surface area contributed by atoms with E-state index in [1.165, 1.54) is 18.2 Å². The summed E-state index contributed by atoms with van der Waals surface area (Å²) in [5, 5.41) is 9.95. The SMILES string of the molecule is CCOC(=O)C(O)c1ccc(Cl)c(N)c1. The quantitative estimate of drug-likeness (QED) is 0.609. The van der Waals surface area contributed by atoms with E-state index in [4.69, 9.17) is 17.3 Å². The highest BCUT2D eigenvalue weighted by molar-refractivity contribution is 6.33. The molecule has 0 heterocycles. The lowest BCUT2D eigenvalue weighted by atomic mass is 10.1. The fraction of sp³-hybridized carbons (Fsp3) is 0.300. The van der Waals surface area contributed by atoms with Gasteiger partial charge in [0.2, 0.25) is 0 Å². The first kappa shape index (κ1) is 11.8. The van der Waals surface area contributed by atoms with E-state index < -0.39 is 12.1 Å². The predicted octanol–water partition coefficient (Wildman–Crippen LogP) is 1.52. The van der Waals surface area contributed by atoms with Crippen LogP contribution >= 0.6 is 11.6 Å². The zero-order valence-corrected chi connectivity index (χ0v) is 8.99. The van der Waals surface area contributed by atoms with Crippen LogP contribution in [0.4, 0.5) is 5.69 Å². The maximum absolute atomic E-state index is 11.2. The Labute approximate surface area is 92.6 Å². The Balaban J connectivity index is 2.86. The van der Waals surface area contributed by atoms with Crippen molar-refractivity contribution in [2.24, 2.45) is 0 Å². The van der Waals surface area contributed by atoms with Crippen LogP contribution in [0.25, 0.3) is 0 Å². The second kappa shape index (κ2) is 5.00. The highest BCUT2D eigenvalue weighted by Crippen LogP contribution is 2.23. The highest BCUT2D eigenvalue weighted by Gasteiger charge is 2.18. The zero-order valence-electron chi connectivity index (χ0n) is 8.24. The van der Waals surface area contributed by atoms with Crippen LogP contribution in [0.2, 0.25) is 5.02 Å². The van der Waals surface area contributed by atoms with Crippen molar-refractivity contribution in [1.82, 2.24) is 0 Å². The van der Waals surface area contributed by atoms with E-state index in [-0.39, 0.29) is 6.61 Å². The lowest BCUT2D eigenvalue weighted by Gasteiger charge is -2.10. The van der Waals surface area contributed by atoms with Crippen LogP contribution in [-0.4, -0.2) is 17.7 Å². The van der Waals surface area contributed by atoms with Crippen LogP contribution in [0.15, 0.2) is 18.2 Å². The fourth-order valence-corrected chi connectivity index (χ4v) is 1.21. The number of hydrogen-bond donors (Lipinski definition) is 2. The molecule has 1 rings (SSSR count). The molecule has 0 radical (unpaired) electrons. The average Bonchev–Trinajstić information content (AvgIpc) is 2.21. The number of nitrogens with two attached hydrogens (primary N) is 1. The first-order valence-electron chi connectivity index (χ1n) is 4.46. The molecule has 5 heteroatoms. The largest absolute Gasteiger partial charge is 0.464 e. The van der Waals surface area contributed by atoms with Gasteiger partial charge in [-0.1, -0.05) is 17.7 Å². The molecule has 0 fully saturated rings. The number of nitrogen functional groups attached to an aromatic ring is 1. The van der Waals surface area contributed by atoms with Crippen molar-refractivity contribution < 1.29 is 14.6 Å². The number of benzene rings is 1. The maximum Gasteiger partial charge on any atom is 0.339 e. The van der Waals surface area contributed by atoms with Crippen molar-refractivity contribution in [1.29, 1.82) is 0 Å². The molecule has 0 aromatic heterocycles. The van der Waals surface area contributed by atoms with E-state index in [0.29, 0.717) is 16.3 Å². The molecule has 1 aromatic carbocycles. The van der Waals surface area contributed by atoms with Gasteiger partial charge < -0.3 is 15.6 Å². The van der Waals surface area contributed by atoms with E-state index >= 15 is 0 Å². The van der Waals surface area contributed by atoms with Gasteiger partial charge in [-0.3, -0.25) is 0 Å². The predicted molar refractivity (Wildman–Crippen MR) is 57.5 cm³/mol. The minimum absolute atomic E-state index is 0.221. The molecule has 1 unspecified atom stereocenters. The minimum atomic E-state index is -1.32. The number of aliphatic hydroxyl groups is 1. The molecular formula is C10H12ClNO3. The first-order chi connectivity index (χ1) is 7.06. The lowest BCUT2D eigenvalue weighted by Crippen LogP contribution is -2.15. The summed E-state index contributed by atoms with van der Waals surface area (Å²) in [6.45, 7) is 1.89. The third-order valence-corrected chi connectivity index (χ3v) is 2.19. The van der Waals surface area contributed by atoms with E-state index in [0.717, 1.165) is 0 Å². The third kappa shape index (κ3) is 2.84. The highest BCUT2D eigenvalue weighted by atomic mass is 35.5. The number of carbonyl (C=O) groups is 1. The molecule has 1 atom stereocenters. The number of esters is 1. The van der Waals surface area contributed by atoms with Gasteiger partial charge in [-0.05, 0) is 24.6 Å². The molecule has 0 bridgehead atoms. The number of aliphatic hydroxyl groups excluding tert-OH is 1. The summed E-state index contributed by atoms with van der Waals surface area (Å²) in [5.41, 5.74) is 6.23. The monoisotopic (exact) mass is 229 g/mol. The van der Waals surface area contributed by atoms with Gasteiger partial charge >= 0.3 is 5.97 Å². The Morgan fingerprint density at radius 1 is 1.67 bits per heavy atom. The van der Waals surface area contributed by atoms with Gasteiger partial charge in [0.05, 0.1) is 17.3 Å². The molecule has 0 amide bonds. The Hall–Kier alpha value is -1.26. The van der Waals surface area contributed by atoms with Gasteiger partial charge in [0.25, 0.3) is 0 Å². The number of anilines is 1. The van der Waals surface area contributed by atoms with Crippen molar-refractivity contribution in [3.05, 3.63) is 28.8 Å². The fourth-order valence-electron chi connectivity index (χ4n) is 1.09. The number of halogens is 1. The van der Waals surface area contributed by atoms with E-state index in [9.17, 15) is 9.90 Å². The second-order valence-electron chi connectivity index (χ2n) is 2.94. The van der Waals surface area contributed by atoms with Crippen molar-refractivity contribution >= 4 is 23.3 Å². The Kier molecular flexibility index (Phi) is 3.94. The molecule has 0 saturated heterocycles. The first-order valence-corrected chi connectivity index (χ1v) is 4.83. The molecule has 3 N–H and O–H groups in total. The average molecular weight is 230 g/mol. The molecular weight excluding hydrogens is 218 g/mol. The Morgan fingerprint density at radius 3 is 2.87 bits per heavy atom. The van der Waals surface area contributed by atoms with Gasteiger partial charge in [-0.2, -0.15) is 0 Å². The van der Waals surface area contributed by atoms with Crippen LogP contribution in [0.5, 0.6) is 0 Å². The van der Waals surface area contributed by atoms with Gasteiger partial charge in [-0.15, -0.1) is 0 Å². The summed E-state index contributed by atoms with van der Waals surface area (Å²) in [7, 11) is 0. The van der Waals surface area contributed by atoms with Crippen molar-refractivity contribution in [3.8, 4) is 0 Å². The summed E-state index contributed by atoms with van der Waals surface area (Å²) in [5.74, 6) is -0.695. The number of hydrogen-bond acceptors (Lipinski definition) is 4. The van der Waals surface area contributed by atoms with E-state index in [2.05, 4.69) is 4.74 Å². The van der Waals surface area contributed by atoms with Gasteiger partial charge in [0.15, 0.2) is 6.10 Å². The van der Waals surface area contributed by atoms with E-state index in [1.807, 2.05) is 0 Å². The number of ether oxygens (including phenoxy) is 1. The maximum atomic E-state index is 11.2. The smallest absolute Gasteiger partial charge is 0.339 e. The van der Waals surface area contributed by atoms with Crippen molar-refractivity contribution in [2.75, 3.05) is 12.3 Å². The van der Waals surface area contributed by atoms with Crippen molar-refractivity contribution in [2.45, 2.75) is 13.0 Å². The number of rotatable bonds is 3. The molecule has 1 aromatic rings. The molecule has 0 aliphatic heterocycles. The normalized spacial score (nSPS) is 12.2. The summed E-state index contributed by atoms with van der Waals surface area (Å²) < 4.78 is 4.67. The summed E-state index contributed by atoms with van der Waals surface area (Å²) in [4.78, 5) is 11.2. The van der Waals surface area contributed by atoms with Gasteiger partial charge in [0.1, 0.15) is 0 Å². The van der Waals surface area contributed by atoms with Crippen molar-refractivity contribution in [3.63, 3.8) is 0 Å². The lowest BCUT2D eigenvalue weighted by molar-refractivity contribution is -0.153. The second-order valence-corrected chi connectivity index (χ2v) is 3.34. The Bertz CT molecular complexity index is 368. The summed E-state index contributed by atoms with van der Waals surface area (Å²) >= 11 is 5.70. The third-order valence-electron chi connectivity index (χ3n) is 1.85. The van der Waals surface area contributed by atoms with E-state index in [1.54, 1.807) is 6.92 Å². The van der Waals surface area contributed by atoms with Crippen LogP contribution in [-0.2, 0) is 9.53 Å². The molecule has 15 heavy (non-hydrogen) atoms. The minimum Gasteiger partial charge on any atom is -0.464 e. The van der Waals surface area contributed by atoms with Crippen LogP contribution in [0, 0.1) is 0 Å². The van der Waals surface area contributed by atoms with Crippen LogP contribution in [0.1, 0.15) is 18.6 Å². The van der Waals surface area contributed by atoms with Gasteiger partial charge in [-0.25, -0.2) is 4.79 Å². The Morgan fingerprint density at radius 2 is 2.33 bits per heavy atom. The topological polar surface area (TPSA) is 72.5 Å². The van der Waals surface area contributed by atoms with Gasteiger partial charge in [0, 0.05) is 0 Å². The molecule has 4 nitrogen and oxygen atoms in total. The standard InChI is InChI=1S/C10H12ClNO3/c1-2-15-10(14)9(13)6-3-4-7(11)8(12)5-6/h3-5,9,13H,2,12H2,1H3. The molecule has 0 spiro atoms. The van der Waals surface area contributed by atoms with Crippen LogP contribution < -0.4 is 5.73 Å². The molecule has 82 valence electrons. The number of carbonyl (C=O) groups excluding carboxylic acids is 1.